The Morgan fingerprint density at radius 3 is 1.23 bits per heavy atom. The van der Waals surface area contributed by atoms with E-state index in [9.17, 15) is 0 Å². The maximum atomic E-state index is 2.32. The Bertz CT molecular complexity index is 624. The summed E-state index contributed by atoms with van der Waals surface area (Å²) >= 11 is 0. The number of aryl methyl sites for hydroxylation is 2. The predicted molar refractivity (Wildman–Crippen MR) is 91.6 cm³/mol. The smallest absolute Gasteiger partial charge is 0.196 e. The van der Waals surface area contributed by atoms with Crippen LogP contribution in [0.25, 0.3) is 11.4 Å². The Morgan fingerprint density at radius 2 is 0.955 bits per heavy atom. The van der Waals surface area contributed by atoms with Gasteiger partial charge in [-0.1, -0.05) is 41.5 Å². The monoisotopic (exact) mass is 298 g/mol. The molecule has 2 heteroatoms. The normalized spacial score (nSPS) is 12.5. The van der Waals surface area contributed by atoms with Crippen molar-refractivity contribution in [2.45, 2.75) is 52.4 Å². The van der Waals surface area contributed by atoms with E-state index < -0.39 is 0 Å². The average Bonchev–Trinajstić information content (AvgIpc) is 2.37. The minimum atomic E-state index is 0.156. The fourth-order valence-electron chi connectivity index (χ4n) is 2.58. The summed E-state index contributed by atoms with van der Waals surface area (Å²) in [5.74, 6) is 0. The molecule has 0 saturated heterocycles. The molecule has 0 radical (unpaired) electrons. The van der Waals surface area contributed by atoms with Crippen molar-refractivity contribution in [2.75, 3.05) is 0 Å². The number of aromatic nitrogens is 2. The van der Waals surface area contributed by atoms with Gasteiger partial charge in [-0.25, -0.2) is 0 Å². The van der Waals surface area contributed by atoms with Crippen LogP contribution >= 0.6 is 0 Å². The molecule has 0 fully saturated rings. The van der Waals surface area contributed by atoms with E-state index in [0.717, 1.165) is 0 Å². The zero-order valence-corrected chi connectivity index (χ0v) is 15.4. The minimum absolute atomic E-state index is 0.156. The van der Waals surface area contributed by atoms with Gasteiger partial charge in [0.2, 0.25) is 0 Å². The molecule has 0 aliphatic carbocycles. The van der Waals surface area contributed by atoms with E-state index in [0.29, 0.717) is 0 Å². The van der Waals surface area contributed by atoms with Crippen LogP contribution in [0.5, 0.6) is 0 Å². The Hall–Kier alpha value is -1.70. The molecule has 0 aliphatic rings. The molecular formula is C20H30N2+2. The second-order valence-corrected chi connectivity index (χ2v) is 8.32. The maximum absolute atomic E-state index is 2.32. The number of pyridine rings is 2. The largest absolute Gasteiger partial charge is 0.277 e. The van der Waals surface area contributed by atoms with Crippen molar-refractivity contribution in [3.63, 3.8) is 0 Å². The summed E-state index contributed by atoms with van der Waals surface area (Å²) in [5.41, 5.74) is 5.54. The van der Waals surface area contributed by atoms with E-state index in [1.54, 1.807) is 0 Å². The average molecular weight is 298 g/mol. The van der Waals surface area contributed by atoms with Crippen LogP contribution in [-0.4, -0.2) is 0 Å². The molecule has 2 nitrogen and oxygen atoms in total. The SMILES string of the molecule is C[n+]1ccc(C(C)(C)C)cc1-c1cc(C(C)(C)C)cc[n+]1C. The summed E-state index contributed by atoms with van der Waals surface area (Å²) in [6.07, 6.45) is 4.33. The van der Waals surface area contributed by atoms with Gasteiger partial charge >= 0.3 is 0 Å². The van der Waals surface area contributed by atoms with Gasteiger partial charge in [0.05, 0.1) is 0 Å². The van der Waals surface area contributed by atoms with Gasteiger partial charge in [0, 0.05) is 24.3 Å². The first-order valence-electron chi connectivity index (χ1n) is 8.01. The number of hydrogen-bond acceptors (Lipinski definition) is 0. The molecule has 2 aromatic heterocycles. The second kappa shape index (κ2) is 5.49. The molecule has 0 amide bonds. The van der Waals surface area contributed by atoms with Crippen LogP contribution in [0.3, 0.4) is 0 Å². The Labute approximate surface area is 135 Å². The Morgan fingerprint density at radius 1 is 0.636 bits per heavy atom. The van der Waals surface area contributed by atoms with Gasteiger partial charge in [0.25, 0.3) is 11.4 Å². The molecule has 0 unspecified atom stereocenters. The van der Waals surface area contributed by atoms with Crippen LogP contribution < -0.4 is 9.13 Å². The van der Waals surface area contributed by atoms with E-state index in [1.165, 1.54) is 22.5 Å². The van der Waals surface area contributed by atoms with Gasteiger partial charge in [-0.3, -0.25) is 0 Å². The molecule has 0 aliphatic heterocycles. The van der Waals surface area contributed by atoms with Gasteiger partial charge < -0.3 is 0 Å². The molecule has 0 N–H and O–H groups in total. The van der Waals surface area contributed by atoms with Gasteiger partial charge in [-0.2, -0.15) is 9.13 Å². The lowest BCUT2D eigenvalue weighted by Crippen LogP contribution is -2.39. The highest BCUT2D eigenvalue weighted by atomic mass is 15.0. The molecular weight excluding hydrogens is 268 g/mol. The fraction of sp³-hybridized carbons (Fsp3) is 0.500. The zero-order chi connectivity index (χ0) is 16.7. The summed E-state index contributed by atoms with van der Waals surface area (Å²) in [4.78, 5) is 0. The third kappa shape index (κ3) is 3.37. The molecule has 0 saturated carbocycles. The van der Waals surface area contributed by atoms with Gasteiger partial charge in [0.1, 0.15) is 14.1 Å². The van der Waals surface area contributed by atoms with Gasteiger partial charge in [0.15, 0.2) is 12.4 Å². The Balaban J connectivity index is 2.66. The van der Waals surface area contributed by atoms with E-state index in [2.05, 4.69) is 101 Å². The Kier molecular flexibility index (Phi) is 4.16. The number of rotatable bonds is 1. The van der Waals surface area contributed by atoms with Crippen LogP contribution in [0.15, 0.2) is 36.7 Å². The predicted octanol–water partition coefficient (Wildman–Crippen LogP) is 3.60. The summed E-state index contributed by atoms with van der Waals surface area (Å²) in [6, 6.07) is 9.08. The van der Waals surface area contributed by atoms with Crippen molar-refractivity contribution in [2.24, 2.45) is 14.1 Å². The van der Waals surface area contributed by atoms with Crippen molar-refractivity contribution in [1.82, 2.24) is 0 Å². The summed E-state index contributed by atoms with van der Waals surface area (Å²) in [5, 5.41) is 0. The molecule has 0 bridgehead atoms. The maximum Gasteiger partial charge on any atom is 0.277 e. The molecule has 2 rings (SSSR count). The lowest BCUT2D eigenvalue weighted by Gasteiger charge is -2.19. The lowest BCUT2D eigenvalue weighted by molar-refractivity contribution is -0.690. The van der Waals surface area contributed by atoms with Crippen molar-refractivity contribution >= 4 is 0 Å². The zero-order valence-electron chi connectivity index (χ0n) is 15.4. The third-order valence-corrected chi connectivity index (χ3v) is 4.29. The van der Waals surface area contributed by atoms with E-state index in [1.807, 2.05) is 0 Å². The molecule has 22 heavy (non-hydrogen) atoms. The summed E-state index contributed by atoms with van der Waals surface area (Å²) in [6.45, 7) is 13.6. The summed E-state index contributed by atoms with van der Waals surface area (Å²) in [7, 11) is 4.23. The first-order chi connectivity index (χ1) is 10.00. The van der Waals surface area contributed by atoms with E-state index in [-0.39, 0.29) is 10.8 Å². The van der Waals surface area contributed by atoms with Crippen molar-refractivity contribution in [3.8, 4) is 11.4 Å². The first-order valence-corrected chi connectivity index (χ1v) is 8.01. The quantitative estimate of drug-likeness (QED) is 0.711. The fourth-order valence-corrected chi connectivity index (χ4v) is 2.58. The van der Waals surface area contributed by atoms with Crippen LogP contribution in [0.4, 0.5) is 0 Å². The standard InChI is InChI=1S/C20H30N2/c1-19(2,3)15-9-11-21(7)17(13-15)18-14-16(20(4,5)6)10-12-22(18)8/h9-14H,1-8H3/q+2. The van der Waals surface area contributed by atoms with Crippen molar-refractivity contribution in [1.29, 1.82) is 0 Å². The minimum Gasteiger partial charge on any atom is -0.196 e. The lowest BCUT2D eigenvalue weighted by atomic mass is 9.85. The summed E-state index contributed by atoms with van der Waals surface area (Å²) < 4.78 is 4.41. The molecule has 2 aromatic rings. The van der Waals surface area contributed by atoms with Crippen LogP contribution in [0, 0.1) is 0 Å². The highest BCUT2D eigenvalue weighted by Crippen LogP contribution is 2.27. The van der Waals surface area contributed by atoms with Gasteiger partial charge in [-0.05, 0) is 22.0 Å². The first kappa shape index (κ1) is 16.7. The number of hydrogen-bond donors (Lipinski definition) is 0. The van der Waals surface area contributed by atoms with Crippen molar-refractivity contribution < 1.29 is 9.13 Å². The molecule has 2 heterocycles. The van der Waals surface area contributed by atoms with E-state index >= 15 is 0 Å². The molecule has 0 atom stereocenters. The van der Waals surface area contributed by atoms with Crippen LogP contribution in [0.1, 0.15) is 52.7 Å². The van der Waals surface area contributed by atoms with Crippen LogP contribution in [0.2, 0.25) is 0 Å². The van der Waals surface area contributed by atoms with Gasteiger partial charge in [-0.15, -0.1) is 0 Å². The topological polar surface area (TPSA) is 7.76 Å². The number of nitrogens with zero attached hydrogens (tertiary/aromatic N) is 2. The third-order valence-electron chi connectivity index (χ3n) is 4.29. The second-order valence-electron chi connectivity index (χ2n) is 8.32. The van der Waals surface area contributed by atoms with Crippen LogP contribution in [-0.2, 0) is 24.9 Å². The molecule has 118 valence electrons. The van der Waals surface area contributed by atoms with E-state index in [4.69, 9.17) is 0 Å². The highest BCUT2D eigenvalue weighted by Gasteiger charge is 2.26. The van der Waals surface area contributed by atoms with Crippen molar-refractivity contribution in [3.05, 3.63) is 47.8 Å². The molecule has 0 spiro atoms. The highest BCUT2D eigenvalue weighted by molar-refractivity contribution is 5.50. The molecule has 0 aromatic carbocycles.